The van der Waals surface area contributed by atoms with Crippen LogP contribution >= 0.6 is 0 Å². The van der Waals surface area contributed by atoms with E-state index in [1.807, 2.05) is 0 Å². The van der Waals surface area contributed by atoms with E-state index in [-0.39, 0.29) is 17.6 Å². The van der Waals surface area contributed by atoms with Crippen LogP contribution in [0.25, 0.3) is 0 Å². The van der Waals surface area contributed by atoms with Crippen molar-refractivity contribution in [2.24, 2.45) is 5.92 Å². The molecular formula is C11H17NO4. The Morgan fingerprint density at radius 1 is 1.44 bits per heavy atom. The van der Waals surface area contributed by atoms with Crippen molar-refractivity contribution in [3.8, 4) is 0 Å². The molecule has 0 unspecified atom stereocenters. The van der Waals surface area contributed by atoms with Gasteiger partial charge in [0.2, 0.25) is 0 Å². The van der Waals surface area contributed by atoms with Gasteiger partial charge in [-0.3, -0.25) is 0 Å². The van der Waals surface area contributed by atoms with E-state index in [0.29, 0.717) is 32.5 Å². The van der Waals surface area contributed by atoms with Gasteiger partial charge in [0.25, 0.3) is 0 Å². The molecule has 0 aromatic rings. The Bertz CT molecular complexity index is 292. The second-order valence-electron chi connectivity index (χ2n) is 3.79. The average Bonchev–Trinajstić information content (AvgIpc) is 2.28. The Hall–Kier alpha value is -1.52. The minimum atomic E-state index is -0.949. The summed E-state index contributed by atoms with van der Waals surface area (Å²) in [4.78, 5) is 23.7. The zero-order valence-corrected chi connectivity index (χ0v) is 9.44. The first-order valence-electron chi connectivity index (χ1n) is 5.40. The summed E-state index contributed by atoms with van der Waals surface area (Å²) < 4.78 is 4.87. The third-order valence-corrected chi connectivity index (χ3v) is 2.79. The van der Waals surface area contributed by atoms with Crippen LogP contribution in [-0.4, -0.2) is 41.8 Å². The quantitative estimate of drug-likeness (QED) is 0.742. The summed E-state index contributed by atoms with van der Waals surface area (Å²) in [7, 11) is 0. The Balaban J connectivity index is 2.42. The van der Waals surface area contributed by atoms with Crippen LogP contribution < -0.4 is 0 Å². The summed E-state index contributed by atoms with van der Waals surface area (Å²) in [6.45, 7) is 6.75. The first-order chi connectivity index (χ1) is 7.56. The van der Waals surface area contributed by atoms with Gasteiger partial charge < -0.3 is 14.7 Å². The second kappa shape index (κ2) is 5.53. The highest BCUT2D eigenvalue weighted by molar-refractivity contribution is 5.86. The third-order valence-electron chi connectivity index (χ3n) is 2.79. The molecule has 5 nitrogen and oxygen atoms in total. The summed E-state index contributed by atoms with van der Waals surface area (Å²) in [5, 5.41) is 8.79. The van der Waals surface area contributed by atoms with Crippen LogP contribution in [0.2, 0.25) is 0 Å². The summed E-state index contributed by atoms with van der Waals surface area (Å²) in [5.41, 5.74) is 0.239. The first kappa shape index (κ1) is 12.5. The Kier molecular flexibility index (Phi) is 4.34. The highest BCUT2D eigenvalue weighted by atomic mass is 16.6. The van der Waals surface area contributed by atoms with Crippen LogP contribution in [0, 0.1) is 5.92 Å². The molecule has 0 radical (unpaired) electrons. The molecule has 0 spiro atoms. The van der Waals surface area contributed by atoms with Crippen molar-refractivity contribution in [1.29, 1.82) is 0 Å². The fourth-order valence-electron chi connectivity index (χ4n) is 1.80. The number of hydrogen-bond donors (Lipinski definition) is 1. The number of carbonyl (C=O) groups is 2. The minimum Gasteiger partial charge on any atom is -0.478 e. The average molecular weight is 227 g/mol. The van der Waals surface area contributed by atoms with Crippen LogP contribution in [0.15, 0.2) is 12.2 Å². The monoisotopic (exact) mass is 227 g/mol. The Morgan fingerprint density at radius 3 is 2.44 bits per heavy atom. The van der Waals surface area contributed by atoms with Gasteiger partial charge in [0.1, 0.15) is 0 Å². The van der Waals surface area contributed by atoms with Gasteiger partial charge in [-0.25, -0.2) is 9.59 Å². The van der Waals surface area contributed by atoms with Gasteiger partial charge in [-0.15, -0.1) is 0 Å². The molecular weight excluding hydrogens is 210 g/mol. The second-order valence-corrected chi connectivity index (χ2v) is 3.79. The van der Waals surface area contributed by atoms with Crippen molar-refractivity contribution in [1.82, 2.24) is 4.90 Å². The highest BCUT2D eigenvalue weighted by Crippen LogP contribution is 2.23. The molecule has 90 valence electrons. The van der Waals surface area contributed by atoms with Crippen molar-refractivity contribution in [3.63, 3.8) is 0 Å². The molecule has 16 heavy (non-hydrogen) atoms. The number of carboxylic acids is 1. The molecule has 1 aliphatic rings. The third kappa shape index (κ3) is 2.98. The van der Waals surface area contributed by atoms with Crippen LogP contribution in [0.4, 0.5) is 4.79 Å². The summed E-state index contributed by atoms with van der Waals surface area (Å²) in [5.74, 6) is -0.974. The first-order valence-corrected chi connectivity index (χ1v) is 5.40. The molecule has 0 aliphatic carbocycles. The standard InChI is InChI=1S/C11H17NO4/c1-3-16-11(15)12-6-4-9(5-7-12)8(2)10(13)14/h9H,2-7H2,1H3,(H,13,14). The normalized spacial score (nSPS) is 16.9. The van der Waals surface area contributed by atoms with Gasteiger partial charge in [0.15, 0.2) is 0 Å². The number of piperidine rings is 1. The topological polar surface area (TPSA) is 66.8 Å². The largest absolute Gasteiger partial charge is 0.478 e. The number of carboxylic acid groups (broad SMARTS) is 1. The lowest BCUT2D eigenvalue weighted by molar-refractivity contribution is -0.133. The van der Waals surface area contributed by atoms with E-state index >= 15 is 0 Å². The van der Waals surface area contributed by atoms with Gasteiger partial charge in [-0.05, 0) is 25.7 Å². The lowest BCUT2D eigenvalue weighted by atomic mass is 9.90. The lowest BCUT2D eigenvalue weighted by Gasteiger charge is -2.31. The smallest absolute Gasteiger partial charge is 0.409 e. The summed E-state index contributed by atoms with van der Waals surface area (Å²) in [6, 6.07) is 0. The molecule has 5 heteroatoms. The van der Waals surface area contributed by atoms with E-state index in [9.17, 15) is 9.59 Å². The molecule has 1 fully saturated rings. The Labute approximate surface area is 94.7 Å². The van der Waals surface area contributed by atoms with Crippen molar-refractivity contribution in [2.75, 3.05) is 19.7 Å². The van der Waals surface area contributed by atoms with E-state index in [0.717, 1.165) is 0 Å². The number of ether oxygens (including phenoxy) is 1. The van der Waals surface area contributed by atoms with Gasteiger partial charge in [-0.2, -0.15) is 0 Å². The number of aliphatic carboxylic acids is 1. The van der Waals surface area contributed by atoms with E-state index in [2.05, 4.69) is 6.58 Å². The van der Waals surface area contributed by atoms with E-state index < -0.39 is 5.97 Å². The molecule has 0 atom stereocenters. The SMILES string of the molecule is C=C(C(=O)O)C1CCN(C(=O)OCC)CC1. The van der Waals surface area contributed by atoms with Gasteiger partial charge in [0, 0.05) is 18.7 Å². The fraction of sp³-hybridized carbons (Fsp3) is 0.636. The molecule has 0 bridgehead atoms. The van der Waals surface area contributed by atoms with Gasteiger partial charge in [-0.1, -0.05) is 6.58 Å². The van der Waals surface area contributed by atoms with Crippen molar-refractivity contribution in [2.45, 2.75) is 19.8 Å². The maximum absolute atomic E-state index is 11.4. The van der Waals surface area contributed by atoms with Crippen molar-refractivity contribution < 1.29 is 19.4 Å². The van der Waals surface area contributed by atoms with Crippen LogP contribution in [0.5, 0.6) is 0 Å². The summed E-state index contributed by atoms with van der Waals surface area (Å²) >= 11 is 0. The fourth-order valence-corrected chi connectivity index (χ4v) is 1.80. The van der Waals surface area contributed by atoms with E-state index in [1.54, 1.807) is 11.8 Å². The molecule has 1 rings (SSSR count). The van der Waals surface area contributed by atoms with Crippen molar-refractivity contribution >= 4 is 12.1 Å². The number of carbonyl (C=O) groups excluding carboxylic acids is 1. The zero-order valence-electron chi connectivity index (χ0n) is 9.44. The number of nitrogens with zero attached hydrogens (tertiary/aromatic N) is 1. The molecule has 0 aromatic carbocycles. The minimum absolute atomic E-state index is 0.0248. The molecule has 1 saturated heterocycles. The van der Waals surface area contributed by atoms with Crippen molar-refractivity contribution in [3.05, 3.63) is 12.2 Å². The lowest BCUT2D eigenvalue weighted by Crippen LogP contribution is -2.39. The van der Waals surface area contributed by atoms with Crippen LogP contribution in [-0.2, 0) is 9.53 Å². The number of rotatable bonds is 3. The predicted octanol–water partition coefficient (Wildman–Crippen LogP) is 1.50. The molecule has 1 aliphatic heterocycles. The van der Waals surface area contributed by atoms with Crippen LogP contribution in [0.3, 0.4) is 0 Å². The molecule has 1 N–H and O–H groups in total. The number of likely N-dealkylation sites (tertiary alicyclic amines) is 1. The van der Waals surface area contributed by atoms with E-state index in [1.165, 1.54) is 0 Å². The maximum atomic E-state index is 11.4. The number of hydrogen-bond acceptors (Lipinski definition) is 3. The number of amides is 1. The van der Waals surface area contributed by atoms with Gasteiger partial charge >= 0.3 is 12.1 Å². The highest BCUT2D eigenvalue weighted by Gasteiger charge is 2.27. The van der Waals surface area contributed by atoms with Crippen LogP contribution in [0.1, 0.15) is 19.8 Å². The van der Waals surface area contributed by atoms with Gasteiger partial charge in [0.05, 0.1) is 6.61 Å². The summed E-state index contributed by atoms with van der Waals surface area (Å²) in [6.07, 6.45) is 0.968. The Morgan fingerprint density at radius 2 is 2.00 bits per heavy atom. The van der Waals surface area contributed by atoms with E-state index in [4.69, 9.17) is 9.84 Å². The molecule has 0 saturated carbocycles. The zero-order chi connectivity index (χ0) is 12.1. The predicted molar refractivity (Wildman–Crippen MR) is 58.1 cm³/mol. The molecule has 0 aromatic heterocycles. The molecule has 1 amide bonds. The molecule has 1 heterocycles. The maximum Gasteiger partial charge on any atom is 0.409 e.